The van der Waals surface area contributed by atoms with Gasteiger partial charge in [0.05, 0.1) is 0 Å². The van der Waals surface area contributed by atoms with E-state index < -0.39 is 0 Å². The number of nitrogens with zero attached hydrogens (tertiary/aromatic N) is 2. The second kappa shape index (κ2) is 8.98. The summed E-state index contributed by atoms with van der Waals surface area (Å²) < 4.78 is 0. The van der Waals surface area contributed by atoms with Crippen molar-refractivity contribution >= 4 is 41.7 Å². The van der Waals surface area contributed by atoms with Gasteiger partial charge in [0, 0.05) is 66.6 Å². The van der Waals surface area contributed by atoms with Crippen LogP contribution in [0.25, 0.3) is 0 Å². The fraction of sp³-hybridized carbons (Fsp3) is 0.421. The molecule has 0 unspecified atom stereocenters. The Hall–Kier alpha value is -2.03. The lowest BCUT2D eigenvalue weighted by atomic mass is 10.0. The Bertz CT molecular complexity index is 879. The average Bonchev–Trinajstić information content (AvgIpc) is 3.14. The number of amides is 2. The number of carbonyl (C=O) groups excluding carboxylic acids is 2. The Morgan fingerprint density at radius 1 is 1.25 bits per heavy atom. The minimum Gasteiger partial charge on any atom is -0.337 e. The molecular formula is C19H24ClN5O2S. The summed E-state index contributed by atoms with van der Waals surface area (Å²) >= 11 is 1.87. The summed E-state index contributed by atoms with van der Waals surface area (Å²) in [4.78, 5) is 27.5. The molecule has 3 N–H and O–H groups in total. The monoisotopic (exact) mass is 421 g/mol. The number of rotatable bonds is 3. The first-order valence-electron chi connectivity index (χ1n) is 9.20. The first-order chi connectivity index (χ1) is 13.1. The van der Waals surface area contributed by atoms with Gasteiger partial charge < -0.3 is 15.5 Å². The standard InChI is InChI=1S/C19H23N5O2S.ClH/c1-12-13(19(26)24-7-9-27-10-8-24)3-2-4-15(12)21-18(25)17-14-11-20-6-5-16(14)22-23-17;/h2-4,20H,5-11H2,1H3,(H,21,25)(H,22,23);1H. The molecule has 2 aliphatic rings. The van der Waals surface area contributed by atoms with Crippen LogP contribution in [0.2, 0.25) is 0 Å². The molecule has 1 aromatic heterocycles. The van der Waals surface area contributed by atoms with Crippen molar-refractivity contribution < 1.29 is 9.59 Å². The summed E-state index contributed by atoms with van der Waals surface area (Å²) in [6, 6.07) is 5.47. The Morgan fingerprint density at radius 3 is 2.82 bits per heavy atom. The zero-order valence-electron chi connectivity index (χ0n) is 15.7. The highest BCUT2D eigenvalue weighted by atomic mass is 35.5. The highest BCUT2D eigenvalue weighted by molar-refractivity contribution is 7.99. The molecule has 0 aliphatic carbocycles. The van der Waals surface area contributed by atoms with Gasteiger partial charge in [0.2, 0.25) is 0 Å². The molecule has 9 heteroatoms. The van der Waals surface area contributed by atoms with Gasteiger partial charge in [0.15, 0.2) is 5.69 Å². The minimum atomic E-state index is -0.252. The van der Waals surface area contributed by atoms with Crippen molar-refractivity contribution in [2.24, 2.45) is 0 Å². The third kappa shape index (κ3) is 4.04. The van der Waals surface area contributed by atoms with Crippen molar-refractivity contribution in [1.82, 2.24) is 20.4 Å². The summed E-state index contributed by atoms with van der Waals surface area (Å²) in [6.07, 6.45) is 0.840. The number of nitrogens with one attached hydrogen (secondary N) is 3. The Balaban J connectivity index is 0.00000225. The first-order valence-corrected chi connectivity index (χ1v) is 10.4. The molecule has 28 heavy (non-hydrogen) atoms. The Kier molecular flexibility index (Phi) is 6.64. The molecule has 7 nitrogen and oxygen atoms in total. The lowest BCUT2D eigenvalue weighted by molar-refractivity contribution is 0.0771. The maximum absolute atomic E-state index is 12.9. The first kappa shape index (κ1) is 20.7. The maximum Gasteiger partial charge on any atom is 0.276 e. The van der Waals surface area contributed by atoms with Crippen LogP contribution < -0.4 is 10.6 Å². The van der Waals surface area contributed by atoms with E-state index in [0.29, 0.717) is 23.5 Å². The molecule has 0 saturated carbocycles. The van der Waals surface area contributed by atoms with Crippen molar-refractivity contribution in [3.8, 4) is 0 Å². The van der Waals surface area contributed by atoms with Crippen LogP contribution in [0.1, 0.15) is 37.7 Å². The van der Waals surface area contributed by atoms with E-state index >= 15 is 0 Å². The smallest absolute Gasteiger partial charge is 0.276 e. The van der Waals surface area contributed by atoms with Crippen LogP contribution in [-0.2, 0) is 13.0 Å². The zero-order valence-corrected chi connectivity index (χ0v) is 17.3. The maximum atomic E-state index is 12.9. The van der Waals surface area contributed by atoms with E-state index in [-0.39, 0.29) is 24.2 Å². The number of H-pyrrole nitrogens is 1. The second-order valence-electron chi connectivity index (χ2n) is 6.79. The van der Waals surface area contributed by atoms with Crippen LogP contribution >= 0.6 is 24.2 Å². The third-order valence-corrected chi connectivity index (χ3v) is 6.07. The molecule has 1 fully saturated rings. The van der Waals surface area contributed by atoms with E-state index in [2.05, 4.69) is 20.8 Å². The van der Waals surface area contributed by atoms with E-state index in [1.165, 1.54) is 0 Å². The average molecular weight is 422 g/mol. The number of hydrogen-bond donors (Lipinski definition) is 3. The summed E-state index contributed by atoms with van der Waals surface area (Å²) in [5.41, 5.74) is 4.44. The predicted octanol–water partition coefficient (Wildman–Crippen LogP) is 2.23. The van der Waals surface area contributed by atoms with Crippen molar-refractivity contribution in [2.45, 2.75) is 19.9 Å². The highest BCUT2D eigenvalue weighted by Gasteiger charge is 2.24. The Morgan fingerprint density at radius 2 is 2.04 bits per heavy atom. The van der Waals surface area contributed by atoms with Gasteiger partial charge in [0.1, 0.15) is 0 Å². The van der Waals surface area contributed by atoms with Crippen molar-refractivity contribution in [3.63, 3.8) is 0 Å². The molecule has 150 valence electrons. The normalized spacial score (nSPS) is 16.1. The van der Waals surface area contributed by atoms with Crippen LogP contribution in [0.5, 0.6) is 0 Å². The van der Waals surface area contributed by atoms with E-state index in [1.807, 2.05) is 41.8 Å². The number of carbonyl (C=O) groups is 2. The summed E-state index contributed by atoms with van der Waals surface area (Å²) in [5.74, 6) is 1.72. The van der Waals surface area contributed by atoms with Crippen LogP contribution in [0.3, 0.4) is 0 Å². The number of benzene rings is 1. The molecule has 3 heterocycles. The molecule has 2 amide bonds. The zero-order chi connectivity index (χ0) is 18.8. The molecule has 1 aromatic carbocycles. The van der Waals surface area contributed by atoms with Gasteiger partial charge in [-0.2, -0.15) is 16.9 Å². The van der Waals surface area contributed by atoms with Crippen LogP contribution in [0.15, 0.2) is 18.2 Å². The van der Waals surface area contributed by atoms with Gasteiger partial charge in [-0.05, 0) is 24.6 Å². The van der Waals surface area contributed by atoms with Gasteiger partial charge in [0.25, 0.3) is 11.8 Å². The number of halogens is 1. The summed E-state index contributed by atoms with van der Waals surface area (Å²) in [5, 5.41) is 13.4. The SMILES string of the molecule is Cc1c(NC(=O)c2n[nH]c3c2CNCC3)cccc1C(=O)N1CCSCC1.Cl. The van der Waals surface area contributed by atoms with E-state index in [4.69, 9.17) is 0 Å². The molecule has 0 spiro atoms. The molecule has 0 atom stereocenters. The lowest BCUT2D eigenvalue weighted by Crippen LogP contribution is -2.38. The Labute approximate surface area is 174 Å². The highest BCUT2D eigenvalue weighted by Crippen LogP contribution is 2.23. The predicted molar refractivity (Wildman–Crippen MR) is 114 cm³/mol. The van der Waals surface area contributed by atoms with Crippen LogP contribution in [-0.4, -0.2) is 58.1 Å². The molecule has 2 aliphatic heterocycles. The largest absolute Gasteiger partial charge is 0.337 e. The minimum absolute atomic E-state index is 0. The second-order valence-corrected chi connectivity index (χ2v) is 8.02. The van der Waals surface area contributed by atoms with Gasteiger partial charge >= 0.3 is 0 Å². The quantitative estimate of drug-likeness (QED) is 0.707. The van der Waals surface area contributed by atoms with Crippen LogP contribution in [0, 0.1) is 6.92 Å². The van der Waals surface area contributed by atoms with E-state index in [1.54, 1.807) is 0 Å². The van der Waals surface area contributed by atoms with Gasteiger partial charge in [-0.25, -0.2) is 0 Å². The van der Waals surface area contributed by atoms with Crippen molar-refractivity contribution in [1.29, 1.82) is 0 Å². The summed E-state index contributed by atoms with van der Waals surface area (Å²) in [6.45, 7) is 4.94. The number of fused-ring (bicyclic) bond motifs is 1. The van der Waals surface area contributed by atoms with Gasteiger partial charge in [-0.15, -0.1) is 12.4 Å². The number of aromatic nitrogens is 2. The number of thioether (sulfide) groups is 1. The molecule has 0 radical (unpaired) electrons. The van der Waals surface area contributed by atoms with Crippen LogP contribution in [0.4, 0.5) is 5.69 Å². The topological polar surface area (TPSA) is 90.1 Å². The van der Waals surface area contributed by atoms with Gasteiger partial charge in [-0.1, -0.05) is 6.07 Å². The molecule has 4 rings (SSSR count). The molecular weight excluding hydrogens is 398 g/mol. The van der Waals surface area contributed by atoms with E-state index in [0.717, 1.165) is 54.4 Å². The summed E-state index contributed by atoms with van der Waals surface area (Å²) in [7, 11) is 0. The number of aromatic amines is 1. The molecule has 0 bridgehead atoms. The van der Waals surface area contributed by atoms with Gasteiger partial charge in [-0.3, -0.25) is 14.7 Å². The molecule has 1 saturated heterocycles. The number of hydrogen-bond acceptors (Lipinski definition) is 5. The fourth-order valence-corrected chi connectivity index (χ4v) is 4.44. The van der Waals surface area contributed by atoms with Crippen molar-refractivity contribution in [2.75, 3.05) is 36.5 Å². The number of anilines is 1. The van der Waals surface area contributed by atoms with Crippen molar-refractivity contribution in [3.05, 3.63) is 46.3 Å². The van der Waals surface area contributed by atoms with E-state index in [9.17, 15) is 9.59 Å². The molecule has 2 aromatic rings. The third-order valence-electron chi connectivity index (χ3n) is 5.13. The lowest BCUT2D eigenvalue weighted by Gasteiger charge is -2.27. The fourth-order valence-electron chi connectivity index (χ4n) is 3.53.